The zero-order chi connectivity index (χ0) is 19.9. The zero-order valence-corrected chi connectivity index (χ0v) is 16.7. The molecule has 2 aromatic carbocycles. The molecule has 0 saturated heterocycles. The molecule has 0 bridgehead atoms. The Morgan fingerprint density at radius 2 is 1.74 bits per heavy atom. The number of carbonyl (C=O) groups is 1. The SMILES string of the molecule is COCC(C)NC(=O)CCN(c1ccccc1)S(=O)(=O)c1ccc(C)cc1. The van der Waals surface area contributed by atoms with Crippen LogP contribution in [-0.2, 0) is 19.6 Å². The van der Waals surface area contributed by atoms with E-state index in [4.69, 9.17) is 4.74 Å². The standard InChI is InChI=1S/C20H26N2O4S/c1-16-9-11-19(12-10-16)27(24,25)22(18-7-5-4-6-8-18)14-13-20(23)21-17(2)15-26-3/h4-12,17H,13-15H2,1-3H3,(H,21,23). The highest BCUT2D eigenvalue weighted by Crippen LogP contribution is 2.24. The first-order valence-electron chi connectivity index (χ1n) is 8.77. The van der Waals surface area contributed by atoms with Gasteiger partial charge in [0, 0.05) is 26.1 Å². The van der Waals surface area contributed by atoms with E-state index in [1.807, 2.05) is 19.9 Å². The minimum atomic E-state index is -3.78. The maximum absolute atomic E-state index is 13.2. The lowest BCUT2D eigenvalue weighted by atomic mass is 10.2. The third-order valence-corrected chi connectivity index (χ3v) is 5.86. The fraction of sp³-hybridized carbons (Fsp3) is 0.350. The molecule has 0 heterocycles. The molecular weight excluding hydrogens is 364 g/mol. The Kier molecular flexibility index (Phi) is 7.38. The predicted octanol–water partition coefficient (Wildman–Crippen LogP) is 2.73. The molecule has 0 aromatic heterocycles. The number of carbonyl (C=O) groups excluding carboxylic acids is 1. The number of hydrogen-bond acceptors (Lipinski definition) is 4. The Balaban J connectivity index is 2.22. The summed E-state index contributed by atoms with van der Waals surface area (Å²) in [5, 5.41) is 2.80. The van der Waals surface area contributed by atoms with E-state index in [2.05, 4.69) is 5.32 Å². The maximum Gasteiger partial charge on any atom is 0.264 e. The van der Waals surface area contributed by atoms with Crippen molar-refractivity contribution < 1.29 is 17.9 Å². The van der Waals surface area contributed by atoms with Gasteiger partial charge in [0.05, 0.1) is 17.2 Å². The first-order valence-corrected chi connectivity index (χ1v) is 10.2. The van der Waals surface area contributed by atoms with Gasteiger partial charge in [-0.2, -0.15) is 0 Å². The predicted molar refractivity (Wildman–Crippen MR) is 106 cm³/mol. The van der Waals surface area contributed by atoms with Crippen molar-refractivity contribution in [1.82, 2.24) is 5.32 Å². The molecular formula is C20H26N2O4S. The second-order valence-electron chi connectivity index (χ2n) is 6.40. The van der Waals surface area contributed by atoms with Crippen LogP contribution in [0.1, 0.15) is 18.9 Å². The molecule has 2 aromatic rings. The van der Waals surface area contributed by atoms with Crippen molar-refractivity contribution in [2.24, 2.45) is 0 Å². The molecule has 1 atom stereocenters. The summed E-state index contributed by atoms with van der Waals surface area (Å²) in [6.45, 7) is 4.18. The molecule has 0 aliphatic heterocycles. The third kappa shape index (κ3) is 5.80. The maximum atomic E-state index is 13.2. The largest absolute Gasteiger partial charge is 0.383 e. The molecule has 7 heteroatoms. The number of nitrogens with zero attached hydrogens (tertiary/aromatic N) is 1. The van der Waals surface area contributed by atoms with Crippen molar-refractivity contribution in [2.45, 2.75) is 31.2 Å². The third-order valence-electron chi connectivity index (χ3n) is 4.02. The van der Waals surface area contributed by atoms with E-state index in [9.17, 15) is 13.2 Å². The number of sulfonamides is 1. The molecule has 0 radical (unpaired) electrons. The Hall–Kier alpha value is -2.38. The minimum absolute atomic E-state index is 0.0474. The van der Waals surface area contributed by atoms with E-state index in [0.29, 0.717) is 12.3 Å². The number of amides is 1. The number of anilines is 1. The summed E-state index contributed by atoms with van der Waals surface area (Å²) >= 11 is 0. The molecule has 1 unspecified atom stereocenters. The lowest BCUT2D eigenvalue weighted by Crippen LogP contribution is -2.39. The Morgan fingerprint density at radius 3 is 2.33 bits per heavy atom. The Bertz CT molecular complexity index is 836. The van der Waals surface area contributed by atoms with Crippen LogP contribution in [0.2, 0.25) is 0 Å². The smallest absolute Gasteiger partial charge is 0.264 e. The summed E-state index contributed by atoms with van der Waals surface area (Å²) in [5.74, 6) is -0.223. The van der Waals surface area contributed by atoms with Gasteiger partial charge in [-0.1, -0.05) is 35.9 Å². The fourth-order valence-electron chi connectivity index (χ4n) is 2.66. The molecule has 146 valence electrons. The lowest BCUT2D eigenvalue weighted by molar-refractivity contribution is -0.121. The van der Waals surface area contributed by atoms with Gasteiger partial charge in [-0.05, 0) is 38.1 Å². The second kappa shape index (κ2) is 9.53. The summed E-state index contributed by atoms with van der Waals surface area (Å²) in [7, 11) is -2.21. The van der Waals surface area contributed by atoms with Gasteiger partial charge in [-0.15, -0.1) is 0 Å². The van der Waals surface area contributed by atoms with Crippen molar-refractivity contribution >= 4 is 21.6 Å². The van der Waals surface area contributed by atoms with Gasteiger partial charge in [0.2, 0.25) is 5.91 Å². The summed E-state index contributed by atoms with van der Waals surface area (Å²) in [4.78, 5) is 12.4. The first-order chi connectivity index (χ1) is 12.8. The van der Waals surface area contributed by atoms with Crippen molar-refractivity contribution in [1.29, 1.82) is 0 Å². The van der Waals surface area contributed by atoms with Gasteiger partial charge in [-0.25, -0.2) is 8.42 Å². The van der Waals surface area contributed by atoms with Crippen LogP contribution < -0.4 is 9.62 Å². The second-order valence-corrected chi connectivity index (χ2v) is 8.26. The van der Waals surface area contributed by atoms with Crippen LogP contribution in [0.5, 0.6) is 0 Å². The lowest BCUT2D eigenvalue weighted by Gasteiger charge is -2.25. The molecule has 1 N–H and O–H groups in total. The summed E-state index contributed by atoms with van der Waals surface area (Å²) in [6.07, 6.45) is 0.0496. The van der Waals surface area contributed by atoms with Crippen LogP contribution in [0.15, 0.2) is 59.5 Å². The number of aryl methyl sites for hydroxylation is 1. The van der Waals surface area contributed by atoms with Gasteiger partial charge in [0.1, 0.15) is 0 Å². The molecule has 0 spiro atoms. The number of ether oxygens (including phenoxy) is 1. The summed E-state index contributed by atoms with van der Waals surface area (Å²) in [5.41, 5.74) is 1.50. The van der Waals surface area contributed by atoms with E-state index < -0.39 is 10.0 Å². The van der Waals surface area contributed by atoms with E-state index in [1.54, 1.807) is 55.6 Å². The van der Waals surface area contributed by atoms with Crippen molar-refractivity contribution in [2.75, 3.05) is 24.6 Å². The van der Waals surface area contributed by atoms with Crippen LogP contribution in [0.3, 0.4) is 0 Å². The number of methoxy groups -OCH3 is 1. The fourth-order valence-corrected chi connectivity index (χ4v) is 4.13. The number of nitrogens with one attached hydrogen (secondary N) is 1. The van der Waals surface area contributed by atoms with Crippen molar-refractivity contribution in [3.05, 3.63) is 60.2 Å². The minimum Gasteiger partial charge on any atom is -0.383 e. The highest BCUT2D eigenvalue weighted by atomic mass is 32.2. The zero-order valence-electron chi connectivity index (χ0n) is 15.9. The van der Waals surface area contributed by atoms with E-state index in [1.165, 1.54) is 4.31 Å². The number of hydrogen-bond donors (Lipinski definition) is 1. The first kappa shape index (κ1) is 20.9. The molecule has 0 aliphatic rings. The highest BCUT2D eigenvalue weighted by molar-refractivity contribution is 7.92. The number of benzene rings is 2. The monoisotopic (exact) mass is 390 g/mol. The molecule has 1 amide bonds. The van der Waals surface area contributed by atoms with E-state index in [0.717, 1.165) is 5.56 Å². The number of para-hydroxylation sites is 1. The molecule has 0 saturated carbocycles. The molecule has 27 heavy (non-hydrogen) atoms. The van der Waals surface area contributed by atoms with Crippen LogP contribution in [0, 0.1) is 6.92 Å². The van der Waals surface area contributed by atoms with Crippen LogP contribution >= 0.6 is 0 Å². The average Bonchev–Trinajstić information content (AvgIpc) is 2.63. The number of rotatable bonds is 9. The average molecular weight is 391 g/mol. The Morgan fingerprint density at radius 1 is 1.11 bits per heavy atom. The Labute approximate surface area is 161 Å². The normalized spacial score (nSPS) is 12.4. The van der Waals surface area contributed by atoms with Gasteiger partial charge < -0.3 is 10.1 Å². The van der Waals surface area contributed by atoms with Gasteiger partial charge in [0.25, 0.3) is 10.0 Å². The van der Waals surface area contributed by atoms with Crippen LogP contribution in [-0.4, -0.2) is 40.6 Å². The van der Waals surface area contributed by atoms with Crippen molar-refractivity contribution in [3.63, 3.8) is 0 Å². The molecule has 0 aliphatic carbocycles. The van der Waals surface area contributed by atoms with Gasteiger partial charge in [0.15, 0.2) is 0 Å². The summed E-state index contributed by atoms with van der Waals surface area (Å²) in [6, 6.07) is 15.4. The van der Waals surface area contributed by atoms with Crippen LogP contribution in [0.25, 0.3) is 0 Å². The molecule has 6 nitrogen and oxygen atoms in total. The van der Waals surface area contributed by atoms with E-state index >= 15 is 0 Å². The van der Waals surface area contributed by atoms with E-state index in [-0.39, 0.29) is 29.8 Å². The summed E-state index contributed by atoms with van der Waals surface area (Å²) < 4.78 is 32.6. The van der Waals surface area contributed by atoms with Gasteiger partial charge >= 0.3 is 0 Å². The quantitative estimate of drug-likeness (QED) is 0.714. The molecule has 0 fully saturated rings. The van der Waals surface area contributed by atoms with Crippen molar-refractivity contribution in [3.8, 4) is 0 Å². The topological polar surface area (TPSA) is 75.7 Å². The van der Waals surface area contributed by atoms with Gasteiger partial charge in [-0.3, -0.25) is 9.10 Å². The highest BCUT2D eigenvalue weighted by Gasteiger charge is 2.25. The molecule has 2 rings (SSSR count). The van der Waals surface area contributed by atoms with Crippen LogP contribution in [0.4, 0.5) is 5.69 Å².